The minimum atomic E-state index is 0.716. The lowest BCUT2D eigenvalue weighted by Crippen LogP contribution is -2.19. The van der Waals surface area contributed by atoms with E-state index in [2.05, 4.69) is 63.0 Å². The maximum Gasteiger partial charge on any atom is 0.0208 e. The fraction of sp³-hybridized carbons (Fsp3) is 0.684. The summed E-state index contributed by atoms with van der Waals surface area (Å²) in [7, 11) is 0. The van der Waals surface area contributed by atoms with E-state index in [1.807, 2.05) is 0 Å². The quantitative estimate of drug-likeness (QED) is 0.754. The van der Waals surface area contributed by atoms with Gasteiger partial charge < -0.3 is 5.32 Å². The normalized spacial score (nSPS) is 22.7. The first-order chi connectivity index (χ1) is 10.0. The zero-order chi connectivity index (χ0) is 15.2. The van der Waals surface area contributed by atoms with E-state index in [1.54, 1.807) is 0 Å². The summed E-state index contributed by atoms with van der Waals surface area (Å²) in [6.45, 7) is 11.3. The van der Waals surface area contributed by atoms with Crippen LogP contribution in [0.25, 0.3) is 0 Å². The highest BCUT2D eigenvalue weighted by Gasteiger charge is 2.19. The van der Waals surface area contributed by atoms with Crippen molar-refractivity contribution in [3.05, 3.63) is 29.3 Å². The Bertz CT molecular complexity index is 441. The van der Waals surface area contributed by atoms with Crippen molar-refractivity contribution in [1.82, 2.24) is 5.32 Å². The molecule has 2 heteroatoms. The Morgan fingerprint density at radius 2 is 2.10 bits per heavy atom. The maximum atomic E-state index is 3.54. The van der Waals surface area contributed by atoms with E-state index in [9.17, 15) is 0 Å². The Hall–Kier alpha value is -0.470. The SMILES string of the molecule is Cc1cc(SC2CCCC(C)C2)ccc1CNCC(C)C. The molecule has 0 amide bonds. The van der Waals surface area contributed by atoms with E-state index in [0.717, 1.165) is 24.3 Å². The first kappa shape index (κ1) is 16.9. The van der Waals surface area contributed by atoms with Gasteiger partial charge in [-0.05, 0) is 61.4 Å². The lowest BCUT2D eigenvalue weighted by molar-refractivity contribution is 0.394. The standard InChI is InChI=1S/C19H31NS/c1-14(2)12-20-13-17-8-9-19(11-16(17)4)21-18-7-5-6-15(3)10-18/h8-9,11,14-15,18,20H,5-7,10,12-13H2,1-4H3. The molecule has 1 aromatic carbocycles. The summed E-state index contributed by atoms with van der Waals surface area (Å²) in [4.78, 5) is 1.46. The number of thioether (sulfide) groups is 1. The molecular formula is C19H31NS. The molecule has 1 fully saturated rings. The first-order valence-electron chi connectivity index (χ1n) is 8.51. The molecule has 1 aliphatic carbocycles. The number of rotatable bonds is 6. The highest BCUT2D eigenvalue weighted by atomic mass is 32.2. The molecular weight excluding hydrogens is 274 g/mol. The van der Waals surface area contributed by atoms with Gasteiger partial charge in [0.05, 0.1) is 0 Å². The van der Waals surface area contributed by atoms with E-state index >= 15 is 0 Å². The number of nitrogens with one attached hydrogen (secondary N) is 1. The molecule has 2 rings (SSSR count). The Kier molecular flexibility index (Phi) is 6.63. The molecule has 1 aliphatic rings. The van der Waals surface area contributed by atoms with E-state index in [4.69, 9.17) is 0 Å². The zero-order valence-corrected chi connectivity index (χ0v) is 14.9. The van der Waals surface area contributed by atoms with E-state index in [-0.39, 0.29) is 0 Å². The summed E-state index contributed by atoms with van der Waals surface area (Å²) < 4.78 is 0. The van der Waals surface area contributed by atoms with E-state index < -0.39 is 0 Å². The Balaban J connectivity index is 1.89. The lowest BCUT2D eigenvalue weighted by atomic mass is 9.91. The van der Waals surface area contributed by atoms with Crippen LogP contribution in [-0.2, 0) is 6.54 Å². The summed E-state index contributed by atoms with van der Waals surface area (Å²) in [6, 6.07) is 7.02. The van der Waals surface area contributed by atoms with Crippen LogP contribution in [-0.4, -0.2) is 11.8 Å². The summed E-state index contributed by atoms with van der Waals surface area (Å²) in [5.74, 6) is 1.63. The van der Waals surface area contributed by atoms with Crippen molar-refractivity contribution in [2.45, 2.75) is 70.1 Å². The third kappa shape index (κ3) is 5.67. The highest BCUT2D eigenvalue weighted by Crippen LogP contribution is 2.36. The fourth-order valence-electron chi connectivity index (χ4n) is 3.11. The van der Waals surface area contributed by atoms with Crippen LogP contribution in [0.2, 0.25) is 0 Å². The minimum absolute atomic E-state index is 0.716. The minimum Gasteiger partial charge on any atom is -0.312 e. The van der Waals surface area contributed by atoms with Crippen LogP contribution < -0.4 is 5.32 Å². The van der Waals surface area contributed by atoms with Gasteiger partial charge in [-0.2, -0.15) is 0 Å². The molecule has 2 unspecified atom stereocenters. The Morgan fingerprint density at radius 3 is 2.76 bits per heavy atom. The monoisotopic (exact) mass is 305 g/mol. The van der Waals surface area contributed by atoms with Gasteiger partial charge in [0.1, 0.15) is 0 Å². The van der Waals surface area contributed by atoms with Crippen molar-refractivity contribution in [3.63, 3.8) is 0 Å². The van der Waals surface area contributed by atoms with Crippen LogP contribution in [0.15, 0.2) is 23.1 Å². The van der Waals surface area contributed by atoms with Crippen LogP contribution >= 0.6 is 11.8 Å². The maximum absolute atomic E-state index is 3.54. The summed E-state index contributed by atoms with van der Waals surface area (Å²) >= 11 is 2.10. The molecule has 1 saturated carbocycles. The molecule has 0 saturated heterocycles. The number of aryl methyl sites for hydroxylation is 1. The molecule has 0 radical (unpaired) electrons. The smallest absolute Gasteiger partial charge is 0.0208 e. The van der Waals surface area contributed by atoms with E-state index in [0.29, 0.717) is 5.92 Å². The molecule has 118 valence electrons. The van der Waals surface area contributed by atoms with Crippen molar-refractivity contribution in [3.8, 4) is 0 Å². The predicted molar refractivity (Wildman–Crippen MR) is 95.0 cm³/mol. The summed E-state index contributed by atoms with van der Waals surface area (Å²) in [5, 5.41) is 4.37. The molecule has 0 spiro atoms. The van der Waals surface area contributed by atoms with Gasteiger partial charge in [-0.1, -0.05) is 39.7 Å². The zero-order valence-electron chi connectivity index (χ0n) is 14.1. The fourth-order valence-corrected chi connectivity index (χ4v) is 4.60. The van der Waals surface area contributed by atoms with Gasteiger partial charge in [0.15, 0.2) is 0 Å². The van der Waals surface area contributed by atoms with Crippen LogP contribution in [0.5, 0.6) is 0 Å². The molecule has 0 aliphatic heterocycles. The molecule has 21 heavy (non-hydrogen) atoms. The third-order valence-electron chi connectivity index (χ3n) is 4.37. The predicted octanol–water partition coefficient (Wildman–Crippen LogP) is 5.41. The van der Waals surface area contributed by atoms with Crippen molar-refractivity contribution in [2.75, 3.05) is 6.54 Å². The van der Waals surface area contributed by atoms with Gasteiger partial charge >= 0.3 is 0 Å². The van der Waals surface area contributed by atoms with Crippen LogP contribution in [0, 0.1) is 18.8 Å². The first-order valence-corrected chi connectivity index (χ1v) is 9.39. The molecule has 1 N–H and O–H groups in total. The van der Waals surface area contributed by atoms with Gasteiger partial charge in [-0.25, -0.2) is 0 Å². The van der Waals surface area contributed by atoms with Gasteiger partial charge in [-0.15, -0.1) is 11.8 Å². The lowest BCUT2D eigenvalue weighted by Gasteiger charge is -2.26. The molecule has 0 aromatic heterocycles. The van der Waals surface area contributed by atoms with Gasteiger partial charge in [-0.3, -0.25) is 0 Å². The van der Waals surface area contributed by atoms with E-state index in [1.165, 1.54) is 41.7 Å². The number of hydrogen-bond acceptors (Lipinski definition) is 2. The second-order valence-corrected chi connectivity index (χ2v) is 8.50. The van der Waals surface area contributed by atoms with Crippen LogP contribution in [0.1, 0.15) is 57.6 Å². The molecule has 1 aromatic rings. The number of hydrogen-bond donors (Lipinski definition) is 1. The second-order valence-electron chi connectivity index (χ2n) is 7.12. The third-order valence-corrected chi connectivity index (χ3v) is 5.66. The second kappa shape index (κ2) is 8.24. The van der Waals surface area contributed by atoms with Crippen LogP contribution in [0.3, 0.4) is 0 Å². The van der Waals surface area contributed by atoms with Gasteiger partial charge in [0.2, 0.25) is 0 Å². The highest BCUT2D eigenvalue weighted by molar-refractivity contribution is 8.00. The number of benzene rings is 1. The van der Waals surface area contributed by atoms with Gasteiger partial charge in [0.25, 0.3) is 0 Å². The van der Waals surface area contributed by atoms with Crippen LogP contribution in [0.4, 0.5) is 0 Å². The molecule has 1 nitrogen and oxygen atoms in total. The Labute approximate surface area is 135 Å². The van der Waals surface area contributed by atoms with Gasteiger partial charge in [0, 0.05) is 16.7 Å². The van der Waals surface area contributed by atoms with Crippen molar-refractivity contribution in [2.24, 2.45) is 11.8 Å². The Morgan fingerprint density at radius 1 is 1.29 bits per heavy atom. The summed E-state index contributed by atoms with van der Waals surface area (Å²) in [5.41, 5.74) is 2.87. The molecule has 2 atom stereocenters. The van der Waals surface area contributed by atoms with Crippen molar-refractivity contribution >= 4 is 11.8 Å². The average molecular weight is 306 g/mol. The topological polar surface area (TPSA) is 12.0 Å². The molecule has 0 heterocycles. The molecule has 0 bridgehead atoms. The van der Waals surface area contributed by atoms with Crippen molar-refractivity contribution in [1.29, 1.82) is 0 Å². The summed E-state index contributed by atoms with van der Waals surface area (Å²) in [6.07, 6.45) is 5.62. The largest absolute Gasteiger partial charge is 0.312 e. The average Bonchev–Trinajstić information content (AvgIpc) is 2.41. The van der Waals surface area contributed by atoms with Crippen molar-refractivity contribution < 1.29 is 0 Å².